The van der Waals surface area contributed by atoms with Gasteiger partial charge in [0.15, 0.2) is 5.92 Å². The molecule has 1 aliphatic rings. The zero-order valence-electron chi connectivity index (χ0n) is 9.79. The van der Waals surface area contributed by atoms with Crippen molar-refractivity contribution in [3.63, 3.8) is 0 Å². The number of esters is 2. The fourth-order valence-corrected chi connectivity index (χ4v) is 1.87. The first-order chi connectivity index (χ1) is 8.65. The predicted octanol–water partition coefficient (Wildman–Crippen LogP) is 1.03. The van der Waals surface area contributed by atoms with Crippen LogP contribution in [0.2, 0.25) is 0 Å². The van der Waals surface area contributed by atoms with E-state index in [0.717, 1.165) is 0 Å². The molecule has 1 fully saturated rings. The number of carbonyl (C=O) groups is 3. The van der Waals surface area contributed by atoms with Crippen molar-refractivity contribution < 1.29 is 23.9 Å². The number of carbonyl (C=O) groups excluding carboxylic acids is 3. The summed E-state index contributed by atoms with van der Waals surface area (Å²) in [7, 11) is 0. The largest absolute Gasteiger partial charge is 0.465 e. The molecule has 1 aliphatic heterocycles. The van der Waals surface area contributed by atoms with E-state index in [-0.39, 0.29) is 6.61 Å². The Hall–Kier alpha value is -2.17. The molecule has 0 bridgehead atoms. The molecule has 0 radical (unpaired) electrons. The number of ether oxygens (including phenoxy) is 2. The molecule has 2 unspecified atom stereocenters. The summed E-state index contributed by atoms with van der Waals surface area (Å²) >= 11 is 0. The molecule has 2 atom stereocenters. The summed E-state index contributed by atoms with van der Waals surface area (Å²) in [5, 5.41) is 0. The molecule has 0 spiro atoms. The lowest BCUT2D eigenvalue weighted by atomic mass is 9.94. The van der Waals surface area contributed by atoms with Crippen LogP contribution in [0.3, 0.4) is 0 Å². The highest BCUT2D eigenvalue weighted by Crippen LogP contribution is 2.33. The first-order valence-corrected chi connectivity index (χ1v) is 5.61. The lowest BCUT2D eigenvalue weighted by Crippen LogP contribution is -2.27. The van der Waals surface area contributed by atoms with Crippen LogP contribution in [-0.2, 0) is 23.9 Å². The molecule has 0 N–H and O–H groups in total. The molecule has 1 aromatic carbocycles. The van der Waals surface area contributed by atoms with Gasteiger partial charge in [-0.05, 0) is 12.5 Å². The molecule has 1 saturated heterocycles. The second kappa shape index (κ2) is 5.00. The zero-order chi connectivity index (χ0) is 13.1. The van der Waals surface area contributed by atoms with E-state index < -0.39 is 29.7 Å². The maximum absolute atomic E-state index is 11.7. The van der Waals surface area contributed by atoms with E-state index in [1.54, 1.807) is 37.3 Å². The van der Waals surface area contributed by atoms with Crippen LogP contribution in [0.1, 0.15) is 18.6 Å². The van der Waals surface area contributed by atoms with Gasteiger partial charge in [0, 0.05) is 0 Å². The maximum Gasteiger partial charge on any atom is 0.376 e. The average molecular weight is 248 g/mol. The molecule has 18 heavy (non-hydrogen) atoms. The highest BCUT2D eigenvalue weighted by atomic mass is 16.6. The molecule has 1 heterocycles. The fraction of sp³-hybridized carbons (Fsp3) is 0.308. The zero-order valence-corrected chi connectivity index (χ0v) is 9.79. The van der Waals surface area contributed by atoms with Crippen LogP contribution in [-0.4, -0.2) is 24.3 Å². The molecule has 0 aliphatic carbocycles. The Morgan fingerprint density at radius 2 is 1.94 bits per heavy atom. The second-order valence-corrected chi connectivity index (χ2v) is 3.83. The minimum atomic E-state index is -1.19. The minimum Gasteiger partial charge on any atom is -0.465 e. The Bertz CT molecular complexity index is 479. The van der Waals surface area contributed by atoms with Gasteiger partial charge in [-0.3, -0.25) is 9.59 Å². The van der Waals surface area contributed by atoms with Crippen LogP contribution < -0.4 is 0 Å². The van der Waals surface area contributed by atoms with Crippen molar-refractivity contribution in [1.29, 1.82) is 0 Å². The number of rotatable bonds is 3. The highest BCUT2D eigenvalue weighted by Gasteiger charge is 2.49. The van der Waals surface area contributed by atoms with Crippen molar-refractivity contribution in [2.24, 2.45) is 5.92 Å². The van der Waals surface area contributed by atoms with Crippen LogP contribution >= 0.6 is 0 Å². The van der Waals surface area contributed by atoms with Crippen molar-refractivity contribution in [3.8, 4) is 0 Å². The van der Waals surface area contributed by atoms with Crippen molar-refractivity contribution in [3.05, 3.63) is 35.9 Å². The lowest BCUT2D eigenvalue weighted by Gasteiger charge is -2.15. The first-order valence-electron chi connectivity index (χ1n) is 5.61. The van der Waals surface area contributed by atoms with Crippen LogP contribution in [0.4, 0.5) is 0 Å². The molecule has 5 nitrogen and oxygen atoms in total. The third-order valence-electron chi connectivity index (χ3n) is 2.69. The fourth-order valence-electron chi connectivity index (χ4n) is 1.87. The van der Waals surface area contributed by atoms with Crippen LogP contribution in [0.25, 0.3) is 0 Å². The van der Waals surface area contributed by atoms with E-state index in [1.165, 1.54) is 0 Å². The van der Waals surface area contributed by atoms with E-state index in [2.05, 4.69) is 0 Å². The number of benzene rings is 1. The summed E-state index contributed by atoms with van der Waals surface area (Å²) in [6.07, 6.45) is -0.884. The summed E-state index contributed by atoms with van der Waals surface area (Å²) in [5.74, 6) is -3.74. The summed E-state index contributed by atoms with van der Waals surface area (Å²) in [4.78, 5) is 34.6. The van der Waals surface area contributed by atoms with Gasteiger partial charge in [0.25, 0.3) is 5.78 Å². The summed E-state index contributed by atoms with van der Waals surface area (Å²) < 4.78 is 9.75. The van der Waals surface area contributed by atoms with Crippen molar-refractivity contribution >= 4 is 17.7 Å². The maximum atomic E-state index is 11.7. The smallest absolute Gasteiger partial charge is 0.376 e. The van der Waals surface area contributed by atoms with Gasteiger partial charge in [-0.25, -0.2) is 4.79 Å². The number of hydrogen-bond acceptors (Lipinski definition) is 5. The molecular formula is C13H12O5. The van der Waals surface area contributed by atoms with Crippen LogP contribution in [0, 0.1) is 5.92 Å². The van der Waals surface area contributed by atoms with Gasteiger partial charge in [-0.2, -0.15) is 0 Å². The summed E-state index contributed by atoms with van der Waals surface area (Å²) in [6, 6.07) is 8.68. The quantitative estimate of drug-likeness (QED) is 0.454. The van der Waals surface area contributed by atoms with Gasteiger partial charge in [0.2, 0.25) is 0 Å². The van der Waals surface area contributed by atoms with Gasteiger partial charge in [0.1, 0.15) is 6.10 Å². The van der Waals surface area contributed by atoms with Gasteiger partial charge < -0.3 is 9.47 Å². The van der Waals surface area contributed by atoms with E-state index in [0.29, 0.717) is 5.56 Å². The number of ketones is 1. The Morgan fingerprint density at radius 3 is 2.56 bits per heavy atom. The minimum absolute atomic E-state index is 0.151. The summed E-state index contributed by atoms with van der Waals surface area (Å²) in [6.45, 7) is 1.79. The first kappa shape index (κ1) is 12.3. The van der Waals surface area contributed by atoms with Crippen molar-refractivity contribution in [1.82, 2.24) is 0 Å². The standard InChI is InChI=1S/C13H12O5/c1-2-17-12(15)9-10(14)13(16)18-11(9)8-6-4-3-5-7-8/h3-7,9,11H,2H2,1H3. The number of cyclic esters (lactones) is 1. The number of hydrogen-bond donors (Lipinski definition) is 0. The van der Waals surface area contributed by atoms with Crippen molar-refractivity contribution in [2.75, 3.05) is 6.61 Å². The lowest BCUT2D eigenvalue weighted by molar-refractivity contribution is -0.152. The van der Waals surface area contributed by atoms with E-state index in [4.69, 9.17) is 9.47 Å². The number of Topliss-reactive ketones (excluding diaryl/α,β-unsaturated/α-hetero) is 1. The van der Waals surface area contributed by atoms with E-state index in [9.17, 15) is 14.4 Å². The Morgan fingerprint density at radius 1 is 1.28 bits per heavy atom. The normalized spacial score (nSPS) is 22.7. The molecule has 5 heteroatoms. The average Bonchev–Trinajstić information content (AvgIpc) is 2.67. The summed E-state index contributed by atoms with van der Waals surface area (Å²) in [5.41, 5.74) is 0.606. The Kier molecular flexibility index (Phi) is 3.41. The topological polar surface area (TPSA) is 69.7 Å². The Labute approximate surface area is 104 Å². The van der Waals surface area contributed by atoms with Crippen LogP contribution in [0.15, 0.2) is 30.3 Å². The Balaban J connectivity index is 2.31. The molecule has 2 rings (SSSR count). The monoisotopic (exact) mass is 248 g/mol. The van der Waals surface area contributed by atoms with Gasteiger partial charge in [-0.15, -0.1) is 0 Å². The highest BCUT2D eigenvalue weighted by molar-refractivity contribution is 6.40. The third-order valence-corrected chi connectivity index (χ3v) is 2.69. The van der Waals surface area contributed by atoms with E-state index >= 15 is 0 Å². The second-order valence-electron chi connectivity index (χ2n) is 3.83. The molecule has 0 amide bonds. The van der Waals surface area contributed by atoms with Gasteiger partial charge >= 0.3 is 11.9 Å². The van der Waals surface area contributed by atoms with Gasteiger partial charge in [0.05, 0.1) is 6.61 Å². The third kappa shape index (κ3) is 2.11. The molecule has 1 aromatic rings. The molecular weight excluding hydrogens is 236 g/mol. The van der Waals surface area contributed by atoms with E-state index in [1.807, 2.05) is 0 Å². The molecule has 94 valence electrons. The SMILES string of the molecule is CCOC(=O)C1C(=O)C(=O)OC1c1ccccc1. The molecule has 0 aromatic heterocycles. The van der Waals surface area contributed by atoms with Gasteiger partial charge in [-0.1, -0.05) is 30.3 Å². The van der Waals surface area contributed by atoms with Crippen molar-refractivity contribution in [2.45, 2.75) is 13.0 Å². The molecule has 0 saturated carbocycles. The van der Waals surface area contributed by atoms with Crippen LogP contribution in [0.5, 0.6) is 0 Å². The predicted molar refractivity (Wildman–Crippen MR) is 60.4 cm³/mol.